The van der Waals surface area contributed by atoms with Gasteiger partial charge in [0.15, 0.2) is 50.1 Å². The monoisotopic (exact) mass is 1670 g/mol. The molecule has 0 amide bonds. The Morgan fingerprint density at radius 3 is 0.755 bits per heavy atom. The molecule has 0 saturated carbocycles. The molecule has 0 N–H and O–H groups in total. The molecule has 102 heavy (non-hydrogen) atoms. The summed E-state index contributed by atoms with van der Waals surface area (Å²) in [6.45, 7) is 24.7. The largest absolute Gasteiger partial charge is 0.547 e. The third-order valence-corrected chi connectivity index (χ3v) is 24.6. The average Bonchev–Trinajstić information content (AvgIpc) is 0.770. The molecule has 0 aromatic carbocycles. The first-order valence-corrected chi connectivity index (χ1v) is 38.0. The van der Waals surface area contributed by atoms with E-state index in [2.05, 4.69) is 156 Å². The van der Waals surface area contributed by atoms with Gasteiger partial charge in [-0.2, -0.15) is 0 Å². The summed E-state index contributed by atoms with van der Waals surface area (Å²) in [5.74, 6) is -7.63. The van der Waals surface area contributed by atoms with Crippen molar-refractivity contribution < 1.29 is 137 Å². The molecular weight excluding hydrogens is 1570 g/mol. The van der Waals surface area contributed by atoms with E-state index in [1.54, 1.807) is 34.6 Å². The minimum atomic E-state index is -1.79. The van der Waals surface area contributed by atoms with Crippen LogP contribution < -0.4 is 10.2 Å². The molecule has 8 rings (SSSR count). The van der Waals surface area contributed by atoms with Crippen LogP contribution in [0.4, 0.5) is 0 Å². The van der Waals surface area contributed by atoms with Crippen LogP contribution in [0.3, 0.4) is 0 Å². The lowest BCUT2D eigenvalue weighted by Gasteiger charge is -2.52. The molecule has 0 spiro atoms. The predicted molar refractivity (Wildman–Crippen MR) is 388 cm³/mol. The fraction of sp³-hybridized carbons (Fsp3) is 0.967. The summed E-state index contributed by atoms with van der Waals surface area (Å²) in [6, 6.07) is 0. The topological polar surface area (TPSA) is 320 Å². The number of carbonyl (C=O) groups is 2. The SMILES string of the molecule is CC1C(C)[C@H](O[C@H]2O[C@H](COS)[C@@H](O[C@@H]3OC(C(=O)[O-])[C@H](O[C@@H]4OC(COS)[C@H](O[C@@H]5OC(COS)[C@H](O[C@@H]6OC(COS)[C@H](O[C@@H]7OC(COS)[C@H](OS)[C@H](C)C7C)[C@H](C)C6C)[C@H](C)C5C)[C@H](C)C4C)[C@H](C)C3C)C(OS)C2OS)[C@H](C(=O)[O-])O[C@@H]1O[C@H]1C(COS)O[C@@H](C)C(OS)[C@H]1OS. The summed E-state index contributed by atoms with van der Waals surface area (Å²) in [7, 11) is 0. The summed E-state index contributed by atoms with van der Waals surface area (Å²) in [4.78, 5) is 26.4. The molecule has 40 atom stereocenters. The van der Waals surface area contributed by atoms with Gasteiger partial charge in [0, 0.05) is 35.5 Å². The van der Waals surface area contributed by atoms with Crippen molar-refractivity contribution in [2.45, 2.75) is 262 Å². The Morgan fingerprint density at radius 2 is 0.461 bits per heavy atom. The molecule has 0 aromatic rings. The first-order chi connectivity index (χ1) is 48.7. The lowest BCUT2D eigenvalue weighted by atomic mass is 9.81. The van der Waals surface area contributed by atoms with Crippen molar-refractivity contribution >= 4 is 154 Å². The Morgan fingerprint density at radius 1 is 0.245 bits per heavy atom. The summed E-state index contributed by atoms with van der Waals surface area (Å²) < 4.78 is 159. The van der Waals surface area contributed by atoms with E-state index in [4.69, 9.17) is 117 Å². The number of carboxylic acid groups (broad SMARTS) is 2. The summed E-state index contributed by atoms with van der Waals surface area (Å²) in [5.41, 5.74) is 0. The first kappa shape index (κ1) is 89.3. The number of thiol groups is 11. The lowest BCUT2D eigenvalue weighted by Crippen LogP contribution is -2.66. The van der Waals surface area contributed by atoms with Crippen molar-refractivity contribution in [1.29, 1.82) is 0 Å². The number of aliphatic carboxylic acids is 2. The molecule has 30 nitrogen and oxygen atoms in total. The van der Waals surface area contributed by atoms with Crippen molar-refractivity contribution in [1.82, 2.24) is 0 Å². The van der Waals surface area contributed by atoms with Gasteiger partial charge in [-0.3, -0.25) is 0 Å². The number of carboxylic acids is 2. The van der Waals surface area contributed by atoms with Crippen LogP contribution in [0.1, 0.15) is 90.0 Å². The Balaban J connectivity index is 0.915. The van der Waals surface area contributed by atoms with Crippen LogP contribution in [0.15, 0.2) is 0 Å². The second-order valence-electron chi connectivity index (χ2n) is 28.2. The molecule has 16 unspecified atom stereocenters. The van der Waals surface area contributed by atoms with E-state index in [-0.39, 0.29) is 87.2 Å². The predicted octanol–water partition coefficient (Wildman–Crippen LogP) is 5.00. The third-order valence-electron chi connectivity index (χ3n) is 22.5. The van der Waals surface area contributed by atoms with Crippen LogP contribution in [0.5, 0.6) is 0 Å². The van der Waals surface area contributed by atoms with Gasteiger partial charge in [-0.1, -0.05) is 83.1 Å². The van der Waals surface area contributed by atoms with Crippen molar-refractivity contribution in [2.75, 3.05) is 39.6 Å². The third kappa shape index (κ3) is 20.3. The Kier molecular flexibility index (Phi) is 36.5. The second kappa shape index (κ2) is 41.7. The van der Waals surface area contributed by atoms with Gasteiger partial charge in [0.1, 0.15) is 85.5 Å². The second-order valence-corrected chi connectivity index (χ2v) is 30.8. The van der Waals surface area contributed by atoms with Gasteiger partial charge in [-0.05, 0) is 184 Å². The maximum atomic E-state index is 13.4. The number of hydrogen-bond donors (Lipinski definition) is 11. The average molecular weight is 1670 g/mol. The highest BCUT2D eigenvalue weighted by Crippen LogP contribution is 2.47. The fourth-order valence-electron chi connectivity index (χ4n) is 15.1. The van der Waals surface area contributed by atoms with Crippen LogP contribution >= 0.6 is 142 Å². The van der Waals surface area contributed by atoms with E-state index in [9.17, 15) is 19.8 Å². The van der Waals surface area contributed by atoms with E-state index in [1.807, 2.05) is 41.5 Å². The molecule has 8 heterocycles. The van der Waals surface area contributed by atoms with Crippen LogP contribution in [-0.4, -0.2) is 224 Å². The Bertz CT molecular complexity index is 2540. The number of rotatable bonds is 33. The molecule has 0 aromatic heterocycles. The van der Waals surface area contributed by atoms with Crippen molar-refractivity contribution in [3.63, 3.8) is 0 Å². The van der Waals surface area contributed by atoms with Crippen LogP contribution in [-0.2, 0) is 127 Å². The summed E-state index contributed by atoms with van der Waals surface area (Å²) >= 11 is 45.0. The van der Waals surface area contributed by atoms with E-state index in [0.29, 0.717) is 0 Å². The minimum Gasteiger partial charge on any atom is -0.547 e. The van der Waals surface area contributed by atoms with Crippen molar-refractivity contribution in [3.05, 3.63) is 0 Å². The Labute approximate surface area is 658 Å². The van der Waals surface area contributed by atoms with Gasteiger partial charge in [0.25, 0.3) is 0 Å². The van der Waals surface area contributed by atoms with Crippen LogP contribution in [0.2, 0.25) is 0 Å². The van der Waals surface area contributed by atoms with Gasteiger partial charge in [-0.25, -0.2) is 0 Å². The molecule has 8 fully saturated rings. The highest BCUT2D eigenvalue weighted by molar-refractivity contribution is 7.76. The van der Waals surface area contributed by atoms with E-state index >= 15 is 0 Å². The highest BCUT2D eigenvalue weighted by Gasteiger charge is 2.59. The number of ether oxygens (including phenoxy) is 15. The molecule has 8 aliphatic rings. The fourth-order valence-corrected chi connectivity index (χ4v) is 17.3. The number of hydrogen-bond acceptors (Lipinski definition) is 41. The molecule has 594 valence electrons. The minimum absolute atomic E-state index is 0.0115. The molecule has 8 saturated heterocycles. The molecule has 0 aliphatic carbocycles. The zero-order valence-corrected chi connectivity index (χ0v) is 68.3. The van der Waals surface area contributed by atoms with E-state index < -0.39 is 208 Å². The molecule has 0 radical (unpaired) electrons. The highest BCUT2D eigenvalue weighted by atomic mass is 32.1. The van der Waals surface area contributed by atoms with E-state index in [1.165, 1.54) is 0 Å². The zero-order chi connectivity index (χ0) is 74.9. The Hall–Kier alpha value is 1.75. The summed E-state index contributed by atoms with van der Waals surface area (Å²) in [6.07, 6.45) is -27.3. The maximum absolute atomic E-state index is 13.4. The van der Waals surface area contributed by atoms with Gasteiger partial charge < -0.3 is 137 Å². The van der Waals surface area contributed by atoms with Gasteiger partial charge in [0.2, 0.25) is 0 Å². The molecule has 8 aliphatic heterocycles. The number of carbonyl (C=O) groups excluding carboxylic acids is 2. The zero-order valence-electron chi connectivity index (χ0n) is 58.5. The standard InChI is InChI=1S/C61H104O30S11/c1-20-26(7)56(73-33(14-66-92)39(20)78-55-27(8)21(2)40(34(74-55)15-67-93)80-57-29(10)23(4)42(87-98)36(76-57)17-69-95)79-41-22(3)28(9)58(75-35(41)16-68-94)81-43-24(5)30(11)60(85-50(43)53(62)63)84-47-38(19-71-97)77-61(52(91-102)49(47)90-101)82-44-25(6)31(12)59(86-51(44)54(64)65)83-46-37(18-70-96)72-32(13)45(88-99)48(46)89-100/h20-52,55-61,92-102H,14-19H2,1-13H3,(H,62,63)(H,64,65)/p-2/t20-,21-,22-,23-,24-,25?,26?,27?,28?,29?,30?,31?,32+,33?,34?,35?,36?,37?,38-,39-,40-,41-,42-,43-,44+,45?,46+,47-,48-,49?,50?,51-,52?,55+,56+,57+,58+,59+,60-,61-/m1/s1. The van der Waals surface area contributed by atoms with E-state index in [0.717, 1.165) is 0 Å². The van der Waals surface area contributed by atoms with Crippen molar-refractivity contribution in [3.8, 4) is 0 Å². The van der Waals surface area contributed by atoms with Gasteiger partial charge in [0.05, 0.1) is 88.2 Å². The summed E-state index contributed by atoms with van der Waals surface area (Å²) in [5, 5.41) is 26.4. The van der Waals surface area contributed by atoms with Crippen LogP contribution in [0.25, 0.3) is 0 Å². The van der Waals surface area contributed by atoms with Gasteiger partial charge in [-0.15, -0.1) is 0 Å². The van der Waals surface area contributed by atoms with Crippen molar-refractivity contribution in [2.24, 2.45) is 71.0 Å². The smallest absolute Gasteiger partial charge is 0.188 e. The molecule has 41 heteroatoms. The normalized spacial score (nSPS) is 48.2. The first-order valence-electron chi connectivity index (χ1n) is 34.0. The molecule has 0 bridgehead atoms. The quantitative estimate of drug-likeness (QED) is 0.0304. The molecular formula is C61H102O30S11-2. The lowest BCUT2D eigenvalue weighted by molar-refractivity contribution is -0.386. The van der Waals surface area contributed by atoms with Crippen LogP contribution in [0, 0.1) is 71.0 Å². The maximum Gasteiger partial charge on any atom is 0.188 e. The van der Waals surface area contributed by atoms with Gasteiger partial charge >= 0.3 is 0 Å².